The number of allylic oxidation sites excluding steroid dienone is 8. The van der Waals surface area contributed by atoms with Gasteiger partial charge in [0.1, 0.15) is 6.29 Å². The van der Waals surface area contributed by atoms with Crippen LogP contribution in [0.5, 0.6) is 11.5 Å². The Bertz CT molecular complexity index is 912. The second kappa shape index (κ2) is 14.1. The Hall–Kier alpha value is -3.08. The largest absolute Gasteiger partial charge is 0.504 e. The molecule has 1 aromatic carbocycles. The van der Waals surface area contributed by atoms with Crippen molar-refractivity contribution in [2.24, 2.45) is 0 Å². The summed E-state index contributed by atoms with van der Waals surface area (Å²) >= 11 is 0. The maximum atomic E-state index is 11.2. The minimum absolute atomic E-state index is 0.0522. The summed E-state index contributed by atoms with van der Waals surface area (Å²) in [6.07, 6.45) is 14.8. The van der Waals surface area contributed by atoms with Gasteiger partial charge in [-0.05, 0) is 90.3 Å². The summed E-state index contributed by atoms with van der Waals surface area (Å²) in [5, 5.41) is 28.8. The molecule has 0 amide bonds. The lowest BCUT2D eigenvalue weighted by Crippen LogP contribution is -1.98. The molecule has 3 N–H and O–H groups in total. The molecule has 32 heavy (non-hydrogen) atoms. The van der Waals surface area contributed by atoms with Crippen molar-refractivity contribution in [2.45, 2.75) is 72.6 Å². The van der Waals surface area contributed by atoms with Crippen molar-refractivity contribution in [1.29, 1.82) is 0 Å². The fourth-order valence-electron chi connectivity index (χ4n) is 3.21. The zero-order valence-electron chi connectivity index (χ0n) is 19.6. The molecule has 5 heteroatoms. The number of aldehydes is 1. The van der Waals surface area contributed by atoms with E-state index >= 15 is 0 Å². The maximum absolute atomic E-state index is 11.2. The summed E-state index contributed by atoms with van der Waals surface area (Å²) in [4.78, 5) is 22.3. The van der Waals surface area contributed by atoms with E-state index in [0.29, 0.717) is 12.0 Å². The zero-order valence-corrected chi connectivity index (χ0v) is 19.6. The Morgan fingerprint density at radius 3 is 2.03 bits per heavy atom. The summed E-state index contributed by atoms with van der Waals surface area (Å²) in [6, 6.07) is 2.42. The minimum atomic E-state index is -1.15. The Morgan fingerprint density at radius 1 is 0.844 bits per heavy atom. The summed E-state index contributed by atoms with van der Waals surface area (Å²) in [6.45, 7) is 8.20. The molecule has 1 aromatic rings. The quantitative estimate of drug-likeness (QED) is 0.138. The third-order valence-corrected chi connectivity index (χ3v) is 5.20. The van der Waals surface area contributed by atoms with Gasteiger partial charge in [-0.25, -0.2) is 4.79 Å². The van der Waals surface area contributed by atoms with Crippen LogP contribution in [0.4, 0.5) is 0 Å². The molecule has 1 rings (SSSR count). The average molecular weight is 441 g/mol. The monoisotopic (exact) mass is 440 g/mol. The number of benzene rings is 1. The van der Waals surface area contributed by atoms with Crippen LogP contribution < -0.4 is 0 Å². The highest BCUT2D eigenvalue weighted by atomic mass is 16.4. The van der Waals surface area contributed by atoms with Gasteiger partial charge in [-0.15, -0.1) is 0 Å². The molecule has 0 heterocycles. The molecule has 0 aliphatic rings. The van der Waals surface area contributed by atoms with Gasteiger partial charge in [0.05, 0.1) is 5.56 Å². The van der Waals surface area contributed by atoms with Crippen LogP contribution in [0.2, 0.25) is 0 Å². The van der Waals surface area contributed by atoms with E-state index in [0.717, 1.165) is 62.0 Å². The molecule has 0 fully saturated rings. The third kappa shape index (κ3) is 10.3. The van der Waals surface area contributed by atoms with Gasteiger partial charge in [0.25, 0.3) is 0 Å². The lowest BCUT2D eigenvalue weighted by atomic mass is 10.0. The highest BCUT2D eigenvalue weighted by Gasteiger charge is 2.12. The van der Waals surface area contributed by atoms with Crippen molar-refractivity contribution in [3.63, 3.8) is 0 Å². The first-order chi connectivity index (χ1) is 15.1. The normalized spacial score (nSPS) is 12.6. The third-order valence-electron chi connectivity index (χ3n) is 5.20. The molecular formula is C27H36O5. The second-order valence-corrected chi connectivity index (χ2v) is 8.41. The molecule has 0 aliphatic carbocycles. The number of aromatic hydroxyl groups is 2. The topological polar surface area (TPSA) is 94.8 Å². The summed E-state index contributed by atoms with van der Waals surface area (Å²) < 4.78 is 0. The van der Waals surface area contributed by atoms with E-state index in [4.69, 9.17) is 5.11 Å². The van der Waals surface area contributed by atoms with E-state index in [1.54, 1.807) is 0 Å². The van der Waals surface area contributed by atoms with Crippen molar-refractivity contribution in [2.75, 3.05) is 0 Å². The van der Waals surface area contributed by atoms with Crippen LogP contribution in [-0.4, -0.2) is 27.6 Å². The lowest BCUT2D eigenvalue weighted by molar-refractivity contribution is -0.105. The van der Waals surface area contributed by atoms with E-state index in [-0.39, 0.29) is 11.3 Å². The van der Waals surface area contributed by atoms with Crippen LogP contribution in [0.25, 0.3) is 0 Å². The maximum Gasteiger partial charge on any atom is 0.335 e. The van der Waals surface area contributed by atoms with Gasteiger partial charge in [-0.1, -0.05) is 41.0 Å². The molecule has 0 saturated carbocycles. The fraction of sp³-hybridized carbons (Fsp3) is 0.407. The SMILES string of the molecule is CC(C)=CCCC(C=O)=CCCC(C)=CCCC(C)=CCc1cc(C(=O)O)cc(O)c1O. The number of carbonyl (C=O) groups is 2. The number of hydrogen-bond donors (Lipinski definition) is 3. The summed E-state index contributed by atoms with van der Waals surface area (Å²) in [7, 11) is 0. The number of rotatable bonds is 13. The Balaban J connectivity index is 2.53. The Kier molecular flexibility index (Phi) is 11.9. The standard InChI is InChI=1S/C27H36O5/c1-19(2)8-5-12-22(18-28)13-7-11-20(3)9-6-10-21(4)14-15-23-16-24(27(31)32)17-25(29)26(23)30/h8-9,13-14,16-18,29-30H,5-7,10-12,15H2,1-4H3,(H,31,32). The van der Waals surface area contributed by atoms with Gasteiger partial charge < -0.3 is 15.3 Å². The van der Waals surface area contributed by atoms with Gasteiger partial charge in [0, 0.05) is 5.56 Å². The van der Waals surface area contributed by atoms with Crippen molar-refractivity contribution in [3.8, 4) is 11.5 Å². The van der Waals surface area contributed by atoms with Gasteiger partial charge in [0.2, 0.25) is 0 Å². The molecular weight excluding hydrogens is 404 g/mol. The van der Waals surface area contributed by atoms with Crippen LogP contribution in [0.1, 0.15) is 82.1 Å². The highest BCUT2D eigenvalue weighted by Crippen LogP contribution is 2.31. The lowest BCUT2D eigenvalue weighted by Gasteiger charge is -2.07. The number of phenols is 2. The number of hydrogen-bond acceptors (Lipinski definition) is 4. The number of carboxylic acid groups (broad SMARTS) is 1. The van der Waals surface area contributed by atoms with Crippen LogP contribution in [0, 0.1) is 0 Å². The molecule has 0 unspecified atom stereocenters. The van der Waals surface area contributed by atoms with Gasteiger partial charge in [-0.3, -0.25) is 4.79 Å². The molecule has 0 atom stereocenters. The number of phenolic OH excluding ortho intramolecular Hbond substituents is 2. The first-order valence-electron chi connectivity index (χ1n) is 11.0. The molecule has 0 radical (unpaired) electrons. The first-order valence-corrected chi connectivity index (χ1v) is 11.0. The zero-order chi connectivity index (χ0) is 24.1. The number of aromatic carboxylic acids is 1. The van der Waals surface area contributed by atoms with Crippen LogP contribution in [0.15, 0.2) is 58.7 Å². The predicted molar refractivity (Wildman–Crippen MR) is 129 cm³/mol. The van der Waals surface area contributed by atoms with Gasteiger partial charge >= 0.3 is 5.97 Å². The number of carboxylic acids is 1. The summed E-state index contributed by atoms with van der Waals surface area (Å²) in [5.74, 6) is -1.85. The van der Waals surface area contributed by atoms with E-state index in [2.05, 4.69) is 32.9 Å². The molecule has 174 valence electrons. The van der Waals surface area contributed by atoms with Crippen LogP contribution >= 0.6 is 0 Å². The minimum Gasteiger partial charge on any atom is -0.504 e. The van der Waals surface area contributed by atoms with Crippen molar-refractivity contribution in [3.05, 3.63) is 69.9 Å². The van der Waals surface area contributed by atoms with Crippen molar-refractivity contribution < 1.29 is 24.9 Å². The Labute approximate surface area is 191 Å². The van der Waals surface area contributed by atoms with E-state index < -0.39 is 11.7 Å². The first kappa shape index (κ1) is 27.0. The molecule has 0 saturated heterocycles. The van der Waals surface area contributed by atoms with Crippen LogP contribution in [0.3, 0.4) is 0 Å². The highest BCUT2D eigenvalue weighted by molar-refractivity contribution is 5.89. The van der Waals surface area contributed by atoms with Crippen molar-refractivity contribution in [1.82, 2.24) is 0 Å². The van der Waals surface area contributed by atoms with E-state index in [9.17, 15) is 19.8 Å². The summed E-state index contributed by atoms with van der Waals surface area (Å²) in [5.41, 5.74) is 4.85. The fourth-order valence-corrected chi connectivity index (χ4v) is 3.21. The molecule has 0 aromatic heterocycles. The Morgan fingerprint density at radius 2 is 1.44 bits per heavy atom. The molecule has 5 nitrogen and oxygen atoms in total. The van der Waals surface area contributed by atoms with E-state index in [1.165, 1.54) is 17.2 Å². The van der Waals surface area contributed by atoms with Gasteiger partial charge in [-0.2, -0.15) is 0 Å². The number of carbonyl (C=O) groups excluding carboxylic acids is 1. The average Bonchev–Trinajstić information content (AvgIpc) is 2.73. The van der Waals surface area contributed by atoms with Crippen LogP contribution in [-0.2, 0) is 11.2 Å². The van der Waals surface area contributed by atoms with Gasteiger partial charge in [0.15, 0.2) is 11.5 Å². The predicted octanol–water partition coefficient (Wildman–Crippen LogP) is 6.66. The molecule has 0 spiro atoms. The smallest absolute Gasteiger partial charge is 0.335 e. The van der Waals surface area contributed by atoms with Crippen molar-refractivity contribution >= 4 is 12.3 Å². The second-order valence-electron chi connectivity index (χ2n) is 8.41. The molecule has 0 bridgehead atoms. The molecule has 0 aliphatic heterocycles. The van der Waals surface area contributed by atoms with E-state index in [1.807, 2.05) is 19.1 Å².